The van der Waals surface area contributed by atoms with Crippen molar-refractivity contribution < 1.29 is 9.18 Å². The molecule has 1 saturated heterocycles. The van der Waals surface area contributed by atoms with Gasteiger partial charge in [0.1, 0.15) is 11.6 Å². The predicted octanol–water partition coefficient (Wildman–Crippen LogP) is 3.84. The summed E-state index contributed by atoms with van der Waals surface area (Å²) in [5, 5.41) is 6.01. The van der Waals surface area contributed by atoms with Crippen LogP contribution < -0.4 is 10.7 Å². The Hall–Kier alpha value is -2.45. The number of hydrazine groups is 1. The molecule has 156 valence electrons. The van der Waals surface area contributed by atoms with Crippen LogP contribution in [0, 0.1) is 12.7 Å². The zero-order valence-electron chi connectivity index (χ0n) is 16.3. The molecule has 0 aliphatic carbocycles. The van der Waals surface area contributed by atoms with E-state index in [1.165, 1.54) is 12.1 Å². The lowest BCUT2D eigenvalue weighted by molar-refractivity contribution is 0.0759. The van der Waals surface area contributed by atoms with E-state index in [4.69, 9.17) is 23.2 Å². The minimum Gasteiger partial charge on any atom is -0.314 e. The summed E-state index contributed by atoms with van der Waals surface area (Å²) in [5.41, 5.74) is 5.10. The number of nitrogens with zero attached hydrogens (tertiary/aromatic N) is 3. The number of carbonyl (C=O) groups excluding carboxylic acids is 1. The zero-order valence-corrected chi connectivity index (χ0v) is 17.8. The molecule has 3 aromatic rings. The van der Waals surface area contributed by atoms with Crippen LogP contribution in [0.5, 0.6) is 0 Å². The van der Waals surface area contributed by atoms with Gasteiger partial charge in [-0.2, -0.15) is 0 Å². The molecular weight excluding hydrogens is 428 g/mol. The Morgan fingerprint density at radius 2 is 1.83 bits per heavy atom. The fourth-order valence-corrected chi connectivity index (χ4v) is 3.94. The molecule has 2 N–H and O–H groups in total. The number of benzene rings is 2. The molecule has 1 aliphatic rings. The van der Waals surface area contributed by atoms with Gasteiger partial charge >= 0.3 is 0 Å². The average molecular weight is 448 g/mol. The maximum Gasteiger partial charge on any atom is 0.286 e. The molecule has 9 heteroatoms. The van der Waals surface area contributed by atoms with E-state index < -0.39 is 0 Å². The Kier molecular flexibility index (Phi) is 6.06. The zero-order chi connectivity index (χ0) is 21.3. The first-order valence-corrected chi connectivity index (χ1v) is 10.3. The number of nitrogens with one attached hydrogen (secondary N) is 2. The molecule has 0 saturated carbocycles. The normalized spacial score (nSPS) is 14.7. The van der Waals surface area contributed by atoms with E-state index in [9.17, 15) is 9.18 Å². The van der Waals surface area contributed by atoms with Crippen molar-refractivity contribution in [3.8, 4) is 17.1 Å². The average Bonchev–Trinajstić information content (AvgIpc) is 3.06. The van der Waals surface area contributed by atoms with E-state index in [-0.39, 0.29) is 17.4 Å². The van der Waals surface area contributed by atoms with E-state index >= 15 is 0 Å². The number of hydrogen-bond donors (Lipinski definition) is 2. The molecule has 0 bridgehead atoms. The van der Waals surface area contributed by atoms with Crippen molar-refractivity contribution in [1.29, 1.82) is 0 Å². The van der Waals surface area contributed by atoms with Crippen molar-refractivity contribution in [2.45, 2.75) is 6.92 Å². The van der Waals surface area contributed by atoms with Gasteiger partial charge in [0.2, 0.25) is 0 Å². The SMILES string of the molecule is Cc1c(C(=O)NN2CCNCC2)nc(-c2ccc(Cl)cc2Cl)n1-c1ccc(F)cc1. The Bertz CT molecular complexity index is 1080. The number of hydrogen-bond acceptors (Lipinski definition) is 4. The van der Waals surface area contributed by atoms with E-state index in [1.807, 2.05) is 5.01 Å². The van der Waals surface area contributed by atoms with Gasteiger partial charge in [-0.15, -0.1) is 0 Å². The van der Waals surface area contributed by atoms with Crippen molar-refractivity contribution in [3.05, 3.63) is 69.7 Å². The molecule has 1 aliphatic heterocycles. The Balaban J connectivity index is 1.80. The summed E-state index contributed by atoms with van der Waals surface area (Å²) >= 11 is 12.5. The monoisotopic (exact) mass is 447 g/mol. The highest BCUT2D eigenvalue weighted by molar-refractivity contribution is 6.36. The summed E-state index contributed by atoms with van der Waals surface area (Å²) in [7, 11) is 0. The molecule has 1 aromatic heterocycles. The third-order valence-corrected chi connectivity index (χ3v) is 5.50. The summed E-state index contributed by atoms with van der Waals surface area (Å²) in [6, 6.07) is 11.1. The van der Waals surface area contributed by atoms with Crippen molar-refractivity contribution in [2.75, 3.05) is 26.2 Å². The van der Waals surface area contributed by atoms with Crippen LogP contribution in [0.4, 0.5) is 4.39 Å². The minimum absolute atomic E-state index is 0.277. The van der Waals surface area contributed by atoms with Crippen LogP contribution in [0.3, 0.4) is 0 Å². The van der Waals surface area contributed by atoms with E-state index in [1.54, 1.807) is 41.8 Å². The number of imidazole rings is 1. The molecule has 0 radical (unpaired) electrons. The highest BCUT2D eigenvalue weighted by Crippen LogP contribution is 2.33. The lowest BCUT2D eigenvalue weighted by atomic mass is 10.2. The van der Waals surface area contributed by atoms with Crippen molar-refractivity contribution in [3.63, 3.8) is 0 Å². The van der Waals surface area contributed by atoms with Crippen LogP contribution in [0.1, 0.15) is 16.2 Å². The molecule has 1 fully saturated rings. The van der Waals surface area contributed by atoms with Crippen LogP contribution in [-0.2, 0) is 0 Å². The van der Waals surface area contributed by atoms with Crippen molar-refractivity contribution in [2.24, 2.45) is 0 Å². The van der Waals surface area contributed by atoms with E-state index in [0.717, 1.165) is 13.1 Å². The molecule has 6 nitrogen and oxygen atoms in total. The first kappa shape index (κ1) is 20.8. The number of carbonyl (C=O) groups is 1. The van der Waals surface area contributed by atoms with Gasteiger partial charge in [-0.25, -0.2) is 14.4 Å². The molecule has 1 amide bonds. The lowest BCUT2D eigenvalue weighted by Gasteiger charge is -2.27. The number of rotatable bonds is 4. The Morgan fingerprint density at radius 1 is 1.13 bits per heavy atom. The van der Waals surface area contributed by atoms with Crippen LogP contribution >= 0.6 is 23.2 Å². The van der Waals surface area contributed by atoms with Gasteiger partial charge < -0.3 is 5.32 Å². The topological polar surface area (TPSA) is 62.2 Å². The van der Waals surface area contributed by atoms with Crippen LogP contribution in [0.25, 0.3) is 17.1 Å². The van der Waals surface area contributed by atoms with Gasteiger partial charge in [-0.3, -0.25) is 14.8 Å². The van der Waals surface area contributed by atoms with Gasteiger partial charge in [0.05, 0.1) is 10.7 Å². The third kappa shape index (κ3) is 4.20. The van der Waals surface area contributed by atoms with Crippen LogP contribution in [-0.4, -0.2) is 46.6 Å². The lowest BCUT2D eigenvalue weighted by Crippen LogP contribution is -2.52. The maximum atomic E-state index is 13.5. The minimum atomic E-state index is -0.348. The van der Waals surface area contributed by atoms with Crippen molar-refractivity contribution in [1.82, 2.24) is 25.3 Å². The number of piperazine rings is 1. The second kappa shape index (κ2) is 8.73. The predicted molar refractivity (Wildman–Crippen MR) is 116 cm³/mol. The molecule has 30 heavy (non-hydrogen) atoms. The number of amides is 1. The molecule has 0 unspecified atom stereocenters. The largest absolute Gasteiger partial charge is 0.314 e. The Labute approximate surface area is 183 Å². The van der Waals surface area contributed by atoms with Crippen LogP contribution in [0.2, 0.25) is 10.0 Å². The molecule has 0 spiro atoms. The highest BCUT2D eigenvalue weighted by atomic mass is 35.5. The number of aromatic nitrogens is 2. The standard InChI is InChI=1S/C21H20Cl2FN5O/c1-13-19(21(30)27-28-10-8-25-9-11-28)26-20(17-7-2-14(22)12-18(17)23)29(13)16-5-3-15(24)4-6-16/h2-7,12,25H,8-11H2,1H3,(H,27,30). The smallest absolute Gasteiger partial charge is 0.286 e. The first-order valence-electron chi connectivity index (χ1n) is 9.51. The van der Waals surface area contributed by atoms with Gasteiger partial charge in [-0.1, -0.05) is 23.2 Å². The van der Waals surface area contributed by atoms with Crippen LogP contribution in [0.15, 0.2) is 42.5 Å². The second-order valence-electron chi connectivity index (χ2n) is 6.98. The summed E-state index contributed by atoms with van der Waals surface area (Å²) in [5.74, 6) is -0.174. The fourth-order valence-electron chi connectivity index (χ4n) is 3.45. The molecule has 2 aromatic carbocycles. The second-order valence-corrected chi connectivity index (χ2v) is 7.83. The molecular formula is C21H20Cl2FN5O. The highest BCUT2D eigenvalue weighted by Gasteiger charge is 2.24. The third-order valence-electron chi connectivity index (χ3n) is 4.96. The maximum absolute atomic E-state index is 13.5. The van der Waals surface area contributed by atoms with Crippen molar-refractivity contribution >= 4 is 29.1 Å². The molecule has 2 heterocycles. The quantitative estimate of drug-likeness (QED) is 0.637. The summed E-state index contributed by atoms with van der Waals surface area (Å²) < 4.78 is 15.3. The summed E-state index contributed by atoms with van der Waals surface area (Å²) in [6.45, 7) is 4.82. The Morgan fingerprint density at radius 3 is 2.50 bits per heavy atom. The van der Waals surface area contributed by atoms with Gasteiger partial charge in [-0.05, 0) is 49.4 Å². The first-order chi connectivity index (χ1) is 14.4. The molecule has 0 atom stereocenters. The van der Waals surface area contributed by atoms with Gasteiger partial charge in [0, 0.05) is 42.5 Å². The van der Waals surface area contributed by atoms with E-state index in [2.05, 4.69) is 15.7 Å². The molecule has 4 rings (SSSR count). The fraction of sp³-hybridized carbons (Fsp3) is 0.238. The number of halogens is 3. The van der Waals surface area contributed by atoms with E-state index in [0.29, 0.717) is 45.9 Å². The summed E-state index contributed by atoms with van der Waals surface area (Å²) in [6.07, 6.45) is 0. The van der Waals surface area contributed by atoms with Gasteiger partial charge in [0.25, 0.3) is 5.91 Å². The van der Waals surface area contributed by atoms with Gasteiger partial charge in [0.15, 0.2) is 5.69 Å². The summed E-state index contributed by atoms with van der Waals surface area (Å²) in [4.78, 5) is 17.6.